The molecular weight excluding hydrogens is 259 g/mol. The predicted molar refractivity (Wildman–Crippen MR) is 76.3 cm³/mol. The molecule has 112 valence electrons. The molecule has 2 heterocycles. The number of piperazine rings is 1. The van der Waals surface area contributed by atoms with Crippen molar-refractivity contribution in [3.63, 3.8) is 0 Å². The molecule has 1 aliphatic rings. The molecule has 20 heavy (non-hydrogen) atoms. The van der Waals surface area contributed by atoms with E-state index in [0.717, 1.165) is 13.1 Å². The van der Waals surface area contributed by atoms with E-state index in [4.69, 9.17) is 0 Å². The quantitative estimate of drug-likeness (QED) is 0.895. The van der Waals surface area contributed by atoms with E-state index < -0.39 is 0 Å². The fourth-order valence-corrected chi connectivity index (χ4v) is 2.73. The van der Waals surface area contributed by atoms with Gasteiger partial charge in [-0.15, -0.1) is 0 Å². The van der Waals surface area contributed by atoms with E-state index in [1.54, 1.807) is 6.92 Å². The summed E-state index contributed by atoms with van der Waals surface area (Å²) in [6, 6.07) is 0.164. The van der Waals surface area contributed by atoms with E-state index in [1.807, 2.05) is 11.8 Å². The summed E-state index contributed by atoms with van der Waals surface area (Å²) in [4.78, 5) is 12.3. The number of hydrogen-bond acceptors (Lipinski definition) is 5. The summed E-state index contributed by atoms with van der Waals surface area (Å²) >= 11 is 0. The van der Waals surface area contributed by atoms with Crippen molar-refractivity contribution >= 4 is 5.82 Å². The molecule has 6 heteroatoms. The van der Waals surface area contributed by atoms with Gasteiger partial charge in [-0.25, -0.2) is 14.4 Å². The van der Waals surface area contributed by atoms with Gasteiger partial charge in [0.25, 0.3) is 0 Å². The second kappa shape index (κ2) is 6.45. The third-order valence-corrected chi connectivity index (χ3v) is 3.68. The molecule has 2 rings (SSSR count). The monoisotopic (exact) mass is 282 g/mol. The molecule has 2 atom stereocenters. The van der Waals surface area contributed by atoms with E-state index in [-0.39, 0.29) is 18.0 Å². The van der Waals surface area contributed by atoms with Crippen LogP contribution in [0.2, 0.25) is 0 Å². The van der Waals surface area contributed by atoms with Gasteiger partial charge in [-0.2, -0.15) is 0 Å². The molecule has 5 nitrogen and oxygen atoms in total. The van der Waals surface area contributed by atoms with E-state index in [0.29, 0.717) is 31.0 Å². The van der Waals surface area contributed by atoms with E-state index in [9.17, 15) is 9.50 Å². The zero-order chi connectivity index (χ0) is 14.7. The number of rotatable bonds is 4. The second-order valence-electron chi connectivity index (χ2n) is 5.46. The third-order valence-electron chi connectivity index (χ3n) is 3.68. The number of aromatic nitrogens is 2. The van der Waals surface area contributed by atoms with Crippen molar-refractivity contribution in [2.75, 3.05) is 31.1 Å². The number of hydrogen-bond donors (Lipinski definition) is 1. The van der Waals surface area contributed by atoms with Crippen LogP contribution >= 0.6 is 0 Å². The fraction of sp³-hybridized carbons (Fsp3) is 0.714. The van der Waals surface area contributed by atoms with Crippen LogP contribution in [0.15, 0.2) is 6.33 Å². The maximum absolute atomic E-state index is 14.3. The molecule has 1 aliphatic heterocycles. The fourth-order valence-electron chi connectivity index (χ4n) is 2.73. The van der Waals surface area contributed by atoms with Crippen LogP contribution in [-0.2, 0) is 6.42 Å². The van der Waals surface area contributed by atoms with Crippen LogP contribution in [0.25, 0.3) is 0 Å². The molecule has 1 N–H and O–H groups in total. The van der Waals surface area contributed by atoms with Gasteiger partial charge in [0.1, 0.15) is 6.33 Å². The van der Waals surface area contributed by atoms with Gasteiger partial charge in [-0.05, 0) is 20.3 Å². The van der Waals surface area contributed by atoms with Crippen LogP contribution in [0.5, 0.6) is 0 Å². The molecule has 0 spiro atoms. The number of halogens is 1. The van der Waals surface area contributed by atoms with E-state index in [2.05, 4.69) is 21.8 Å². The van der Waals surface area contributed by atoms with Gasteiger partial charge in [0.2, 0.25) is 0 Å². The van der Waals surface area contributed by atoms with Crippen LogP contribution in [0.3, 0.4) is 0 Å². The Kier molecular flexibility index (Phi) is 4.88. The minimum atomic E-state index is -0.337. The van der Waals surface area contributed by atoms with Crippen molar-refractivity contribution < 1.29 is 9.50 Å². The highest BCUT2D eigenvalue weighted by Gasteiger charge is 2.27. The Bertz CT molecular complexity index is 455. The summed E-state index contributed by atoms with van der Waals surface area (Å²) in [6.07, 6.45) is 1.67. The minimum Gasteiger partial charge on any atom is -0.392 e. The first kappa shape index (κ1) is 15.1. The van der Waals surface area contributed by atoms with Gasteiger partial charge in [0.05, 0.1) is 11.8 Å². The zero-order valence-corrected chi connectivity index (χ0v) is 12.4. The number of aliphatic hydroxyl groups excluding tert-OH is 1. The second-order valence-corrected chi connectivity index (χ2v) is 5.46. The number of nitrogens with zero attached hydrogens (tertiary/aromatic N) is 4. The first-order valence-electron chi connectivity index (χ1n) is 7.19. The minimum absolute atomic E-state index is 0.164. The SMILES string of the molecule is CCc1ncnc(N2CCN(CC(C)O)CC2C)c1F. The lowest BCUT2D eigenvalue weighted by Crippen LogP contribution is -2.53. The number of aliphatic hydroxyl groups is 1. The third kappa shape index (κ3) is 3.24. The maximum Gasteiger partial charge on any atom is 0.187 e. The summed E-state index contributed by atoms with van der Waals surface area (Å²) in [6.45, 7) is 8.71. The molecule has 1 aromatic rings. The van der Waals surface area contributed by atoms with Crippen LogP contribution < -0.4 is 4.90 Å². The Balaban J connectivity index is 2.11. The number of anilines is 1. The lowest BCUT2D eigenvalue weighted by Gasteiger charge is -2.41. The van der Waals surface area contributed by atoms with Crippen molar-refractivity contribution in [3.05, 3.63) is 17.8 Å². The van der Waals surface area contributed by atoms with Gasteiger partial charge >= 0.3 is 0 Å². The summed E-state index contributed by atoms with van der Waals surface area (Å²) in [5.74, 6) is 0.104. The summed E-state index contributed by atoms with van der Waals surface area (Å²) in [5.41, 5.74) is 0.466. The number of β-amino-alcohol motifs (C(OH)–C–C–N with tert-alkyl or cyclic N) is 1. The largest absolute Gasteiger partial charge is 0.392 e. The molecule has 0 amide bonds. The van der Waals surface area contributed by atoms with Crippen molar-refractivity contribution in [2.24, 2.45) is 0 Å². The van der Waals surface area contributed by atoms with Gasteiger partial charge in [0.15, 0.2) is 11.6 Å². The highest BCUT2D eigenvalue weighted by molar-refractivity contribution is 5.42. The highest BCUT2D eigenvalue weighted by Crippen LogP contribution is 2.23. The molecular formula is C14H23FN4O. The van der Waals surface area contributed by atoms with Gasteiger partial charge < -0.3 is 10.0 Å². The molecule has 0 aliphatic carbocycles. The van der Waals surface area contributed by atoms with Gasteiger partial charge in [-0.1, -0.05) is 6.92 Å². The van der Waals surface area contributed by atoms with Crippen LogP contribution in [0, 0.1) is 5.82 Å². The summed E-state index contributed by atoms with van der Waals surface area (Å²) in [5, 5.41) is 9.45. The Labute approximate surface area is 119 Å². The topological polar surface area (TPSA) is 52.5 Å². The predicted octanol–water partition coefficient (Wildman–Crippen LogP) is 1.07. The van der Waals surface area contributed by atoms with Crippen molar-refractivity contribution in [2.45, 2.75) is 39.3 Å². The molecule has 2 unspecified atom stereocenters. The molecule has 0 bridgehead atoms. The van der Waals surface area contributed by atoms with Crippen molar-refractivity contribution in [3.8, 4) is 0 Å². The van der Waals surface area contributed by atoms with Crippen LogP contribution in [0.1, 0.15) is 26.5 Å². The van der Waals surface area contributed by atoms with E-state index in [1.165, 1.54) is 6.33 Å². The Morgan fingerprint density at radius 1 is 1.45 bits per heavy atom. The molecule has 1 saturated heterocycles. The lowest BCUT2D eigenvalue weighted by atomic mass is 10.1. The van der Waals surface area contributed by atoms with Crippen molar-refractivity contribution in [1.82, 2.24) is 14.9 Å². The summed E-state index contributed by atoms with van der Waals surface area (Å²) in [7, 11) is 0. The Hall–Kier alpha value is -1.27. The van der Waals surface area contributed by atoms with Crippen molar-refractivity contribution in [1.29, 1.82) is 0 Å². The normalized spacial score (nSPS) is 22.1. The Morgan fingerprint density at radius 2 is 2.20 bits per heavy atom. The van der Waals surface area contributed by atoms with Gasteiger partial charge in [0, 0.05) is 32.2 Å². The number of aryl methyl sites for hydroxylation is 1. The lowest BCUT2D eigenvalue weighted by molar-refractivity contribution is 0.114. The average Bonchev–Trinajstić information content (AvgIpc) is 2.39. The average molecular weight is 282 g/mol. The first-order chi connectivity index (χ1) is 9.52. The Morgan fingerprint density at radius 3 is 2.80 bits per heavy atom. The summed E-state index contributed by atoms with van der Waals surface area (Å²) < 4.78 is 14.3. The smallest absolute Gasteiger partial charge is 0.187 e. The van der Waals surface area contributed by atoms with E-state index >= 15 is 0 Å². The van der Waals surface area contributed by atoms with Gasteiger partial charge in [-0.3, -0.25) is 4.90 Å². The van der Waals surface area contributed by atoms with Crippen LogP contribution in [-0.4, -0.2) is 58.3 Å². The zero-order valence-electron chi connectivity index (χ0n) is 12.4. The molecule has 0 radical (unpaired) electrons. The standard InChI is InChI=1S/C14H23FN4O/c1-4-12-13(15)14(17-9-16-12)19-6-5-18(7-10(19)2)8-11(3)20/h9-11,20H,4-8H2,1-3H3. The maximum atomic E-state index is 14.3. The molecule has 1 fully saturated rings. The first-order valence-corrected chi connectivity index (χ1v) is 7.19. The molecule has 1 aromatic heterocycles. The molecule has 0 saturated carbocycles. The van der Waals surface area contributed by atoms with Crippen LogP contribution in [0.4, 0.5) is 10.2 Å². The highest BCUT2D eigenvalue weighted by atomic mass is 19.1. The molecule has 0 aromatic carbocycles.